The van der Waals surface area contributed by atoms with Crippen molar-refractivity contribution in [1.29, 1.82) is 0 Å². The summed E-state index contributed by atoms with van der Waals surface area (Å²) in [5.74, 6) is -1.38. The van der Waals surface area contributed by atoms with E-state index in [2.05, 4.69) is 4.98 Å². The molecule has 29 heavy (non-hydrogen) atoms. The molecule has 2 N–H and O–H groups in total. The minimum absolute atomic E-state index is 0.362. The van der Waals surface area contributed by atoms with E-state index in [-0.39, 0.29) is 0 Å². The largest absolute Gasteiger partial charge is 0.465 e. The Morgan fingerprint density at radius 1 is 1.24 bits per heavy atom. The smallest absolute Gasteiger partial charge is 0.337 e. The van der Waals surface area contributed by atoms with Crippen LogP contribution in [-0.2, 0) is 16.1 Å². The summed E-state index contributed by atoms with van der Waals surface area (Å²) >= 11 is 1.45. The van der Waals surface area contributed by atoms with Crippen LogP contribution in [0.15, 0.2) is 53.9 Å². The third-order valence-electron chi connectivity index (χ3n) is 4.39. The zero-order valence-corrected chi connectivity index (χ0v) is 16.8. The number of likely N-dealkylation sites (N-methyl/N-ethyl adjacent to an activating group) is 1. The summed E-state index contributed by atoms with van der Waals surface area (Å²) in [7, 11) is 3.08. The topological polar surface area (TPSA) is 85.5 Å². The molecule has 0 saturated heterocycles. The molecule has 0 spiro atoms. The summed E-state index contributed by atoms with van der Waals surface area (Å²) in [5, 5.41) is 2.68. The molecule has 1 aromatic heterocycles. The molecule has 6 nitrogen and oxygen atoms in total. The number of esters is 1. The third-order valence-corrected chi connectivity index (χ3v) is 5.33. The maximum Gasteiger partial charge on any atom is 0.337 e. The van der Waals surface area contributed by atoms with E-state index >= 15 is 0 Å². The van der Waals surface area contributed by atoms with E-state index in [4.69, 9.17) is 10.5 Å². The van der Waals surface area contributed by atoms with Crippen LogP contribution in [0.5, 0.6) is 0 Å². The quantitative estimate of drug-likeness (QED) is 0.600. The van der Waals surface area contributed by atoms with E-state index in [0.717, 1.165) is 16.3 Å². The first kappa shape index (κ1) is 20.6. The molecule has 150 valence electrons. The van der Waals surface area contributed by atoms with Gasteiger partial charge in [0.25, 0.3) is 0 Å². The standard InChI is InChI=1S/C21H20FN3O3S/c1-25(18(19(23)26)15-4-3-5-16(22)10-15)11-17-12-29-20(24-17)13-6-8-14(9-7-13)21(27)28-2/h3-10,12,18H,11H2,1-2H3,(H2,23,26). The summed E-state index contributed by atoms with van der Waals surface area (Å²) in [6, 6.07) is 12.0. The minimum Gasteiger partial charge on any atom is -0.465 e. The summed E-state index contributed by atoms with van der Waals surface area (Å²) in [6.07, 6.45) is 0. The second-order valence-electron chi connectivity index (χ2n) is 6.49. The fourth-order valence-electron chi connectivity index (χ4n) is 3.04. The highest BCUT2D eigenvalue weighted by molar-refractivity contribution is 7.13. The highest BCUT2D eigenvalue weighted by atomic mass is 32.1. The number of rotatable bonds is 7. The number of amides is 1. The van der Waals surface area contributed by atoms with Crippen molar-refractivity contribution in [2.45, 2.75) is 12.6 Å². The van der Waals surface area contributed by atoms with Gasteiger partial charge in [0.1, 0.15) is 16.9 Å². The van der Waals surface area contributed by atoms with Crippen LogP contribution in [0.1, 0.15) is 27.7 Å². The van der Waals surface area contributed by atoms with Crippen molar-refractivity contribution in [2.75, 3.05) is 14.2 Å². The summed E-state index contributed by atoms with van der Waals surface area (Å²) in [6.45, 7) is 0.362. The Morgan fingerprint density at radius 3 is 2.59 bits per heavy atom. The Kier molecular flexibility index (Phi) is 6.36. The van der Waals surface area contributed by atoms with Crippen molar-refractivity contribution in [3.05, 3.63) is 76.5 Å². The predicted octanol–water partition coefficient (Wildman–Crippen LogP) is 3.39. The number of hydrogen-bond acceptors (Lipinski definition) is 6. The number of nitrogens with zero attached hydrogens (tertiary/aromatic N) is 2. The molecule has 0 aliphatic carbocycles. The number of nitrogens with two attached hydrogens (primary N) is 1. The first-order valence-electron chi connectivity index (χ1n) is 8.77. The third kappa shape index (κ3) is 4.85. The fourth-order valence-corrected chi connectivity index (χ4v) is 3.86. The van der Waals surface area contributed by atoms with Gasteiger partial charge in [-0.25, -0.2) is 14.2 Å². The van der Waals surface area contributed by atoms with Gasteiger partial charge in [-0.3, -0.25) is 9.69 Å². The van der Waals surface area contributed by atoms with Gasteiger partial charge in [-0.05, 0) is 36.9 Å². The van der Waals surface area contributed by atoms with E-state index in [1.165, 1.54) is 30.6 Å². The highest BCUT2D eigenvalue weighted by Crippen LogP contribution is 2.27. The molecule has 0 bridgehead atoms. The second kappa shape index (κ2) is 8.93. The number of primary amides is 1. The molecule has 0 aliphatic heterocycles. The number of carbonyl (C=O) groups is 2. The van der Waals surface area contributed by atoms with Crippen LogP contribution < -0.4 is 5.73 Å². The van der Waals surface area contributed by atoms with Crippen LogP contribution in [0.2, 0.25) is 0 Å². The van der Waals surface area contributed by atoms with Gasteiger partial charge < -0.3 is 10.5 Å². The summed E-state index contributed by atoms with van der Waals surface area (Å²) in [4.78, 5) is 29.9. The van der Waals surface area contributed by atoms with Crippen LogP contribution in [0.25, 0.3) is 10.6 Å². The molecule has 0 aliphatic rings. The maximum atomic E-state index is 13.6. The highest BCUT2D eigenvalue weighted by Gasteiger charge is 2.24. The van der Waals surface area contributed by atoms with Crippen molar-refractivity contribution in [2.24, 2.45) is 5.73 Å². The summed E-state index contributed by atoms with van der Waals surface area (Å²) < 4.78 is 18.3. The second-order valence-corrected chi connectivity index (χ2v) is 7.35. The van der Waals surface area contributed by atoms with Crippen LogP contribution in [0, 0.1) is 5.82 Å². The lowest BCUT2D eigenvalue weighted by molar-refractivity contribution is -0.123. The Bertz CT molecular complexity index is 1020. The maximum absolute atomic E-state index is 13.6. The van der Waals surface area contributed by atoms with Crippen molar-refractivity contribution in [3.63, 3.8) is 0 Å². The van der Waals surface area contributed by atoms with E-state index in [9.17, 15) is 14.0 Å². The predicted molar refractivity (Wildman–Crippen MR) is 109 cm³/mol. The Labute approximate surface area is 171 Å². The molecule has 1 atom stereocenters. The molecule has 3 aromatic rings. The molecule has 1 unspecified atom stereocenters. The van der Waals surface area contributed by atoms with Crippen molar-refractivity contribution >= 4 is 23.2 Å². The number of ether oxygens (including phenoxy) is 1. The van der Waals surface area contributed by atoms with Crippen molar-refractivity contribution in [1.82, 2.24) is 9.88 Å². The van der Waals surface area contributed by atoms with Crippen LogP contribution >= 0.6 is 11.3 Å². The molecule has 0 radical (unpaired) electrons. The lowest BCUT2D eigenvalue weighted by atomic mass is 10.0. The van der Waals surface area contributed by atoms with E-state index < -0.39 is 23.7 Å². The molecular formula is C21H20FN3O3S. The van der Waals surface area contributed by atoms with Crippen LogP contribution in [0.3, 0.4) is 0 Å². The molecule has 0 fully saturated rings. The number of aromatic nitrogens is 1. The Hall–Kier alpha value is -3.10. The molecule has 3 rings (SSSR count). The average Bonchev–Trinajstić information content (AvgIpc) is 3.15. The van der Waals surface area contributed by atoms with E-state index in [1.54, 1.807) is 48.3 Å². The van der Waals surface area contributed by atoms with Gasteiger partial charge in [0.15, 0.2) is 0 Å². The van der Waals surface area contributed by atoms with Crippen LogP contribution in [-0.4, -0.2) is 35.9 Å². The SMILES string of the molecule is COC(=O)c1ccc(-c2nc(CN(C)C(C(N)=O)c3cccc(F)c3)cs2)cc1. The number of methoxy groups -OCH3 is 1. The van der Waals surface area contributed by atoms with Crippen molar-refractivity contribution < 1.29 is 18.7 Å². The van der Waals surface area contributed by atoms with Gasteiger partial charge in [-0.1, -0.05) is 24.3 Å². The normalized spacial score (nSPS) is 12.0. The van der Waals surface area contributed by atoms with Gasteiger partial charge in [0.2, 0.25) is 5.91 Å². The molecule has 1 heterocycles. The summed E-state index contributed by atoms with van der Waals surface area (Å²) in [5.41, 5.74) is 8.15. The van der Waals surface area contributed by atoms with Gasteiger partial charge in [0, 0.05) is 17.5 Å². The average molecular weight is 413 g/mol. The van der Waals surface area contributed by atoms with E-state index in [0.29, 0.717) is 17.7 Å². The Balaban J connectivity index is 1.76. The monoisotopic (exact) mass is 413 g/mol. The Morgan fingerprint density at radius 2 is 1.97 bits per heavy atom. The first-order chi connectivity index (χ1) is 13.9. The lowest BCUT2D eigenvalue weighted by Gasteiger charge is -2.25. The minimum atomic E-state index is -0.768. The molecule has 0 saturated carbocycles. The van der Waals surface area contributed by atoms with Crippen LogP contribution in [0.4, 0.5) is 4.39 Å². The van der Waals surface area contributed by atoms with E-state index in [1.807, 2.05) is 5.38 Å². The zero-order chi connectivity index (χ0) is 21.0. The lowest BCUT2D eigenvalue weighted by Crippen LogP contribution is -2.35. The van der Waals surface area contributed by atoms with Gasteiger partial charge in [0.05, 0.1) is 18.4 Å². The molecule has 1 amide bonds. The zero-order valence-electron chi connectivity index (χ0n) is 16.0. The van der Waals surface area contributed by atoms with Crippen molar-refractivity contribution in [3.8, 4) is 10.6 Å². The van der Waals surface area contributed by atoms with Gasteiger partial charge >= 0.3 is 5.97 Å². The van der Waals surface area contributed by atoms with Gasteiger partial charge in [-0.15, -0.1) is 11.3 Å². The number of carbonyl (C=O) groups excluding carboxylic acids is 2. The fraction of sp³-hybridized carbons (Fsp3) is 0.190. The first-order valence-corrected chi connectivity index (χ1v) is 9.65. The number of thiazole rings is 1. The van der Waals surface area contributed by atoms with Gasteiger partial charge in [-0.2, -0.15) is 0 Å². The number of benzene rings is 2. The molecular weight excluding hydrogens is 393 g/mol. The number of hydrogen-bond donors (Lipinski definition) is 1. The number of halogens is 1. The molecule has 2 aromatic carbocycles. The molecule has 8 heteroatoms.